The molecular weight excluding hydrogens is 217 g/mol. The van der Waals surface area contributed by atoms with E-state index in [9.17, 15) is 18.0 Å². The summed E-state index contributed by atoms with van der Waals surface area (Å²) in [5, 5.41) is 0. The molecule has 2 N–H and O–H groups in total. The number of alkyl halides is 3. The molecule has 7 heteroatoms. The number of carbonyl (C=O) groups is 1. The van der Waals surface area contributed by atoms with E-state index < -0.39 is 17.2 Å². The van der Waals surface area contributed by atoms with E-state index in [1.54, 1.807) is 0 Å². The first-order valence-electron chi connectivity index (χ1n) is 4.12. The quantitative estimate of drug-likeness (QED) is 0.760. The zero-order chi connectivity index (χ0) is 10.8. The van der Waals surface area contributed by atoms with Crippen LogP contribution in [0.1, 0.15) is 6.42 Å². The van der Waals surface area contributed by atoms with Crippen molar-refractivity contribution in [2.45, 2.75) is 18.0 Å². The Morgan fingerprint density at radius 2 is 2.21 bits per heavy atom. The van der Waals surface area contributed by atoms with Gasteiger partial charge in [-0.1, -0.05) is 0 Å². The van der Waals surface area contributed by atoms with Crippen LogP contribution in [0.15, 0.2) is 0 Å². The zero-order valence-corrected chi connectivity index (χ0v) is 8.20. The zero-order valence-electron chi connectivity index (χ0n) is 7.38. The van der Waals surface area contributed by atoms with Gasteiger partial charge in [0.15, 0.2) is 0 Å². The first kappa shape index (κ1) is 11.6. The van der Waals surface area contributed by atoms with Crippen LogP contribution in [0.3, 0.4) is 0 Å². The molecule has 3 nitrogen and oxygen atoms in total. The molecule has 0 radical (unpaired) electrons. The standard InChI is InChI=1S/C7H11F3N2OS/c8-7(9,10)14-4-6(13)12-2-1-5(11)3-12/h5H,1-4,11H2/t5-/m1/s1. The molecule has 1 heterocycles. The molecule has 0 unspecified atom stereocenters. The lowest BCUT2D eigenvalue weighted by Gasteiger charge is -2.15. The number of halogens is 3. The summed E-state index contributed by atoms with van der Waals surface area (Å²) in [5.74, 6) is -1.03. The predicted octanol–water partition coefficient (Wildman–Crippen LogP) is 0.799. The maximum Gasteiger partial charge on any atom is 0.442 e. The van der Waals surface area contributed by atoms with Crippen molar-refractivity contribution in [2.24, 2.45) is 5.73 Å². The summed E-state index contributed by atoms with van der Waals surface area (Å²) < 4.78 is 35.2. The maximum absolute atomic E-state index is 11.7. The highest BCUT2D eigenvalue weighted by atomic mass is 32.2. The van der Waals surface area contributed by atoms with Gasteiger partial charge < -0.3 is 10.6 Å². The van der Waals surface area contributed by atoms with Gasteiger partial charge in [-0.25, -0.2) is 0 Å². The van der Waals surface area contributed by atoms with Gasteiger partial charge in [0.25, 0.3) is 0 Å². The number of likely N-dealkylation sites (tertiary alicyclic amines) is 1. The molecule has 1 rings (SSSR count). The Labute approximate surface area is 83.8 Å². The maximum atomic E-state index is 11.7. The van der Waals surface area contributed by atoms with Crippen molar-refractivity contribution in [2.75, 3.05) is 18.8 Å². The highest BCUT2D eigenvalue weighted by molar-refractivity contribution is 8.00. The largest absolute Gasteiger partial charge is 0.442 e. The molecule has 0 spiro atoms. The normalized spacial score (nSPS) is 22.9. The number of amides is 1. The number of nitrogens with zero attached hydrogens (tertiary/aromatic N) is 1. The molecule has 0 bridgehead atoms. The molecule has 82 valence electrons. The Hall–Kier alpha value is -0.430. The Balaban J connectivity index is 2.29. The van der Waals surface area contributed by atoms with Gasteiger partial charge >= 0.3 is 5.51 Å². The summed E-state index contributed by atoms with van der Waals surface area (Å²) >= 11 is -0.302. The van der Waals surface area contributed by atoms with E-state index >= 15 is 0 Å². The lowest BCUT2D eigenvalue weighted by molar-refractivity contribution is -0.127. The third kappa shape index (κ3) is 3.75. The van der Waals surface area contributed by atoms with Crippen molar-refractivity contribution in [3.05, 3.63) is 0 Å². The van der Waals surface area contributed by atoms with Crippen molar-refractivity contribution >= 4 is 17.7 Å². The van der Waals surface area contributed by atoms with Crippen LogP contribution in [0.2, 0.25) is 0 Å². The van der Waals surface area contributed by atoms with Gasteiger partial charge in [0, 0.05) is 19.1 Å². The van der Waals surface area contributed by atoms with E-state index in [1.807, 2.05) is 0 Å². The highest BCUT2D eigenvalue weighted by Gasteiger charge is 2.31. The first-order chi connectivity index (χ1) is 6.38. The Morgan fingerprint density at radius 3 is 2.64 bits per heavy atom. The fraction of sp³-hybridized carbons (Fsp3) is 0.857. The predicted molar refractivity (Wildman–Crippen MR) is 47.7 cm³/mol. The summed E-state index contributed by atoms with van der Waals surface area (Å²) in [7, 11) is 0. The smallest absolute Gasteiger partial charge is 0.340 e. The van der Waals surface area contributed by atoms with Gasteiger partial charge in [0.2, 0.25) is 5.91 Å². The second-order valence-corrected chi connectivity index (χ2v) is 4.16. The lowest BCUT2D eigenvalue weighted by atomic mass is 10.3. The average molecular weight is 228 g/mol. The molecule has 0 saturated carbocycles. The van der Waals surface area contributed by atoms with Crippen LogP contribution in [-0.2, 0) is 4.79 Å². The number of carbonyl (C=O) groups excluding carboxylic acids is 1. The SMILES string of the molecule is N[C@@H]1CCN(C(=O)CSC(F)(F)F)C1. The second kappa shape index (κ2) is 4.39. The van der Waals surface area contributed by atoms with Gasteiger partial charge in [-0.15, -0.1) is 0 Å². The fourth-order valence-corrected chi connectivity index (χ4v) is 1.72. The summed E-state index contributed by atoms with van der Waals surface area (Å²) in [5.41, 5.74) is 1.19. The molecule has 1 aliphatic rings. The van der Waals surface area contributed by atoms with E-state index in [2.05, 4.69) is 0 Å². The van der Waals surface area contributed by atoms with Crippen LogP contribution in [0.4, 0.5) is 13.2 Å². The van der Waals surface area contributed by atoms with Crippen LogP contribution in [0.25, 0.3) is 0 Å². The van der Waals surface area contributed by atoms with E-state index in [0.717, 1.165) is 0 Å². The van der Waals surface area contributed by atoms with Crippen molar-refractivity contribution < 1.29 is 18.0 Å². The van der Waals surface area contributed by atoms with Crippen LogP contribution >= 0.6 is 11.8 Å². The van der Waals surface area contributed by atoms with Crippen LogP contribution in [0, 0.1) is 0 Å². The lowest BCUT2D eigenvalue weighted by Crippen LogP contribution is -2.33. The number of hydrogen-bond acceptors (Lipinski definition) is 3. The summed E-state index contributed by atoms with van der Waals surface area (Å²) in [6.07, 6.45) is 0.669. The highest BCUT2D eigenvalue weighted by Crippen LogP contribution is 2.30. The van der Waals surface area contributed by atoms with Gasteiger partial charge in [0.1, 0.15) is 0 Å². The van der Waals surface area contributed by atoms with E-state index in [0.29, 0.717) is 19.5 Å². The van der Waals surface area contributed by atoms with Crippen molar-refractivity contribution in [1.29, 1.82) is 0 Å². The Bertz CT molecular complexity index is 221. The molecule has 0 aliphatic carbocycles. The Kier molecular flexibility index (Phi) is 3.65. The van der Waals surface area contributed by atoms with Crippen LogP contribution in [-0.4, -0.2) is 41.2 Å². The van der Waals surface area contributed by atoms with Gasteiger partial charge in [-0.3, -0.25) is 4.79 Å². The van der Waals surface area contributed by atoms with Gasteiger partial charge in [-0.2, -0.15) is 13.2 Å². The fourth-order valence-electron chi connectivity index (χ4n) is 1.25. The minimum Gasteiger partial charge on any atom is -0.340 e. The molecule has 1 atom stereocenters. The van der Waals surface area contributed by atoms with Gasteiger partial charge in [0.05, 0.1) is 5.75 Å². The number of hydrogen-bond donors (Lipinski definition) is 1. The summed E-state index contributed by atoms with van der Waals surface area (Å²) in [4.78, 5) is 12.6. The molecule has 0 aromatic heterocycles. The minimum absolute atomic E-state index is 0.0881. The van der Waals surface area contributed by atoms with E-state index in [1.165, 1.54) is 4.90 Å². The van der Waals surface area contributed by atoms with Crippen LogP contribution in [0.5, 0.6) is 0 Å². The minimum atomic E-state index is -4.34. The molecule has 1 saturated heterocycles. The molecule has 0 aromatic rings. The van der Waals surface area contributed by atoms with Crippen LogP contribution < -0.4 is 5.73 Å². The van der Waals surface area contributed by atoms with Crippen molar-refractivity contribution in [3.8, 4) is 0 Å². The van der Waals surface area contributed by atoms with E-state index in [-0.39, 0.29) is 17.8 Å². The van der Waals surface area contributed by atoms with Crippen molar-refractivity contribution in [1.82, 2.24) is 4.90 Å². The molecule has 0 aromatic carbocycles. The van der Waals surface area contributed by atoms with Gasteiger partial charge in [-0.05, 0) is 18.2 Å². The molecule has 14 heavy (non-hydrogen) atoms. The molecule has 1 amide bonds. The molecular formula is C7H11F3N2OS. The summed E-state index contributed by atoms with van der Waals surface area (Å²) in [6, 6.07) is -0.0881. The Morgan fingerprint density at radius 1 is 1.57 bits per heavy atom. The molecule has 1 aliphatic heterocycles. The molecule has 1 fully saturated rings. The number of nitrogens with two attached hydrogens (primary N) is 1. The topological polar surface area (TPSA) is 46.3 Å². The summed E-state index contributed by atoms with van der Waals surface area (Å²) in [6.45, 7) is 0.843. The number of thioether (sulfide) groups is 1. The second-order valence-electron chi connectivity index (χ2n) is 3.12. The monoisotopic (exact) mass is 228 g/mol. The third-order valence-corrected chi connectivity index (χ3v) is 2.66. The first-order valence-corrected chi connectivity index (χ1v) is 5.11. The third-order valence-electron chi connectivity index (χ3n) is 1.94. The number of rotatable bonds is 2. The van der Waals surface area contributed by atoms with E-state index in [4.69, 9.17) is 5.73 Å². The van der Waals surface area contributed by atoms with Crippen molar-refractivity contribution in [3.63, 3.8) is 0 Å². The average Bonchev–Trinajstić information content (AvgIpc) is 2.46.